The van der Waals surface area contributed by atoms with Crippen LogP contribution in [0.25, 0.3) is 22.2 Å². The van der Waals surface area contributed by atoms with E-state index in [0.29, 0.717) is 17.9 Å². The molecule has 0 radical (unpaired) electrons. The summed E-state index contributed by atoms with van der Waals surface area (Å²) >= 11 is 0. The molecule has 33 heavy (non-hydrogen) atoms. The topological polar surface area (TPSA) is 55.9 Å². The SMILES string of the molecule is Cn1cc2ccc(C3CCC(C)([C@H](O)C[C@H]4c5c(F)cccc5-c5cncn54)CC3)cc2n1. The summed E-state index contributed by atoms with van der Waals surface area (Å²) in [4.78, 5) is 4.28. The van der Waals surface area contributed by atoms with Crippen LogP contribution >= 0.6 is 0 Å². The first kappa shape index (κ1) is 20.6. The summed E-state index contributed by atoms with van der Waals surface area (Å²) < 4.78 is 18.7. The number of hydrogen-bond acceptors (Lipinski definition) is 3. The fraction of sp³-hybridized carbons (Fsp3) is 0.407. The molecule has 1 N–H and O–H groups in total. The Bertz CT molecular complexity index is 1330. The number of aliphatic hydroxyl groups is 1. The minimum absolute atomic E-state index is 0.180. The van der Waals surface area contributed by atoms with Crippen LogP contribution in [0, 0.1) is 11.2 Å². The van der Waals surface area contributed by atoms with Crippen molar-refractivity contribution in [2.24, 2.45) is 12.5 Å². The van der Waals surface area contributed by atoms with E-state index in [1.165, 1.54) is 17.0 Å². The second-order valence-corrected chi connectivity index (χ2v) is 10.2. The number of aromatic nitrogens is 4. The lowest BCUT2D eigenvalue weighted by atomic mass is 9.66. The van der Waals surface area contributed by atoms with Crippen molar-refractivity contribution in [1.82, 2.24) is 19.3 Å². The van der Waals surface area contributed by atoms with Crippen molar-refractivity contribution in [2.75, 3.05) is 0 Å². The van der Waals surface area contributed by atoms with Gasteiger partial charge >= 0.3 is 0 Å². The van der Waals surface area contributed by atoms with Gasteiger partial charge in [-0.25, -0.2) is 9.37 Å². The van der Waals surface area contributed by atoms with E-state index >= 15 is 0 Å². The van der Waals surface area contributed by atoms with Gasteiger partial charge in [0.15, 0.2) is 0 Å². The maximum atomic E-state index is 14.8. The van der Waals surface area contributed by atoms with Crippen LogP contribution in [0.5, 0.6) is 0 Å². The second kappa shape index (κ2) is 7.52. The molecule has 4 aromatic rings. The monoisotopic (exact) mass is 444 g/mol. The molecule has 0 saturated heterocycles. The first-order valence-corrected chi connectivity index (χ1v) is 11.8. The van der Waals surface area contributed by atoms with E-state index in [0.717, 1.165) is 42.5 Å². The van der Waals surface area contributed by atoms with E-state index in [1.807, 2.05) is 28.6 Å². The number of aliphatic hydroxyl groups excluding tert-OH is 1. The first-order valence-electron chi connectivity index (χ1n) is 11.8. The van der Waals surface area contributed by atoms with Crippen LogP contribution in [0.4, 0.5) is 4.39 Å². The fourth-order valence-electron chi connectivity index (χ4n) is 6.08. The lowest BCUT2D eigenvalue weighted by Gasteiger charge is -2.42. The standard InChI is InChI=1S/C27H29FN4O/c1-27(10-8-17(9-11-27)18-6-7-19-15-31(2)30-22(19)12-18)25(33)13-23-26-20(4-3-5-21(26)28)24-14-29-16-32(23)24/h3-7,12,14-17,23,25,33H,8-11,13H2,1-2H3/t17?,23-,25+,27?/m0/s1. The molecule has 2 aromatic heterocycles. The number of imidazole rings is 1. The number of aryl methyl sites for hydroxylation is 1. The Hall–Kier alpha value is -2.99. The summed E-state index contributed by atoms with van der Waals surface area (Å²) in [5, 5.41) is 17.1. The molecule has 1 aliphatic carbocycles. The van der Waals surface area contributed by atoms with Gasteiger partial charge in [0.2, 0.25) is 0 Å². The van der Waals surface area contributed by atoms with Gasteiger partial charge in [0, 0.05) is 29.8 Å². The highest BCUT2D eigenvalue weighted by atomic mass is 19.1. The van der Waals surface area contributed by atoms with Gasteiger partial charge in [-0.1, -0.05) is 31.2 Å². The molecule has 6 rings (SSSR count). The molecule has 1 saturated carbocycles. The van der Waals surface area contributed by atoms with Crippen molar-refractivity contribution in [1.29, 1.82) is 0 Å². The Labute approximate surface area is 192 Å². The molecule has 2 atom stereocenters. The molecule has 170 valence electrons. The zero-order valence-corrected chi connectivity index (χ0v) is 19.1. The molecule has 0 amide bonds. The number of nitrogens with zero attached hydrogens (tertiary/aromatic N) is 4. The van der Waals surface area contributed by atoms with Gasteiger partial charge in [-0.3, -0.25) is 4.68 Å². The largest absolute Gasteiger partial charge is 0.392 e. The van der Waals surface area contributed by atoms with Crippen LogP contribution in [0.1, 0.15) is 62.1 Å². The van der Waals surface area contributed by atoms with E-state index in [9.17, 15) is 9.50 Å². The number of hydrogen-bond donors (Lipinski definition) is 1. The predicted molar refractivity (Wildman–Crippen MR) is 126 cm³/mol. The summed E-state index contributed by atoms with van der Waals surface area (Å²) in [7, 11) is 1.95. The Morgan fingerprint density at radius 3 is 2.85 bits per heavy atom. The highest BCUT2D eigenvalue weighted by molar-refractivity contribution is 5.78. The average molecular weight is 445 g/mol. The molecule has 0 spiro atoms. The van der Waals surface area contributed by atoms with Gasteiger partial charge in [0.25, 0.3) is 0 Å². The second-order valence-electron chi connectivity index (χ2n) is 10.2. The highest BCUT2D eigenvalue weighted by Crippen LogP contribution is 2.49. The molecular formula is C27H29FN4O. The molecule has 0 bridgehead atoms. The number of benzene rings is 2. The van der Waals surface area contributed by atoms with Crippen LogP contribution in [0.15, 0.2) is 55.1 Å². The van der Waals surface area contributed by atoms with E-state index in [1.54, 1.807) is 18.6 Å². The predicted octanol–water partition coefficient (Wildman–Crippen LogP) is 5.59. The van der Waals surface area contributed by atoms with Gasteiger partial charge in [0.05, 0.1) is 35.9 Å². The summed E-state index contributed by atoms with van der Waals surface area (Å²) in [6, 6.07) is 11.6. The zero-order chi connectivity index (χ0) is 22.7. The Morgan fingerprint density at radius 1 is 1.21 bits per heavy atom. The van der Waals surface area contributed by atoms with Gasteiger partial charge in [-0.05, 0) is 61.1 Å². The van der Waals surface area contributed by atoms with Crippen molar-refractivity contribution < 1.29 is 9.50 Å². The summed E-state index contributed by atoms with van der Waals surface area (Å²) in [6.07, 6.45) is 9.56. The normalized spacial score (nSPS) is 25.2. The van der Waals surface area contributed by atoms with Crippen LogP contribution in [-0.2, 0) is 7.05 Å². The van der Waals surface area contributed by atoms with Crippen molar-refractivity contribution in [3.63, 3.8) is 0 Å². The first-order chi connectivity index (χ1) is 15.9. The molecule has 2 aromatic carbocycles. The fourth-order valence-corrected chi connectivity index (χ4v) is 6.08. The Balaban J connectivity index is 1.19. The summed E-state index contributed by atoms with van der Waals surface area (Å²) in [5.74, 6) is 0.286. The molecule has 0 unspecified atom stereocenters. The van der Waals surface area contributed by atoms with Gasteiger partial charge in [-0.15, -0.1) is 0 Å². The van der Waals surface area contributed by atoms with Gasteiger partial charge in [0.1, 0.15) is 5.82 Å². The number of rotatable bonds is 4. The molecule has 6 heteroatoms. The smallest absolute Gasteiger partial charge is 0.129 e. The Kier molecular flexibility index (Phi) is 4.70. The Morgan fingerprint density at radius 2 is 2.03 bits per heavy atom. The minimum atomic E-state index is -0.512. The maximum Gasteiger partial charge on any atom is 0.129 e. The van der Waals surface area contributed by atoms with E-state index in [-0.39, 0.29) is 17.3 Å². The van der Waals surface area contributed by atoms with Crippen molar-refractivity contribution >= 4 is 10.9 Å². The van der Waals surface area contributed by atoms with E-state index in [2.05, 4.69) is 35.2 Å². The summed E-state index contributed by atoms with van der Waals surface area (Å²) in [6.45, 7) is 2.20. The lowest BCUT2D eigenvalue weighted by Crippen LogP contribution is -2.37. The number of halogens is 1. The molecule has 2 aliphatic rings. The average Bonchev–Trinajstić information content (AvgIpc) is 3.49. The van der Waals surface area contributed by atoms with Crippen LogP contribution < -0.4 is 0 Å². The van der Waals surface area contributed by atoms with Gasteiger partial charge < -0.3 is 9.67 Å². The van der Waals surface area contributed by atoms with Gasteiger partial charge in [-0.2, -0.15) is 5.10 Å². The van der Waals surface area contributed by atoms with Crippen molar-refractivity contribution in [3.05, 3.63) is 72.1 Å². The van der Waals surface area contributed by atoms with Crippen LogP contribution in [0.2, 0.25) is 0 Å². The summed E-state index contributed by atoms with van der Waals surface area (Å²) in [5.41, 5.74) is 4.72. The molecule has 1 fully saturated rings. The molecule has 1 aliphatic heterocycles. The van der Waals surface area contributed by atoms with E-state index < -0.39 is 6.10 Å². The molecular weight excluding hydrogens is 415 g/mol. The quantitative estimate of drug-likeness (QED) is 0.446. The van der Waals surface area contributed by atoms with E-state index in [4.69, 9.17) is 0 Å². The van der Waals surface area contributed by atoms with Crippen LogP contribution in [-0.4, -0.2) is 30.5 Å². The third-order valence-electron chi connectivity index (χ3n) is 8.16. The highest BCUT2D eigenvalue weighted by Gasteiger charge is 2.41. The molecule has 5 nitrogen and oxygen atoms in total. The third-order valence-corrected chi connectivity index (χ3v) is 8.16. The molecule has 3 heterocycles. The lowest BCUT2D eigenvalue weighted by molar-refractivity contribution is -0.00543. The maximum absolute atomic E-state index is 14.8. The third kappa shape index (κ3) is 3.31. The number of fused-ring (bicyclic) bond motifs is 4. The van der Waals surface area contributed by atoms with Crippen molar-refractivity contribution in [3.8, 4) is 11.3 Å². The van der Waals surface area contributed by atoms with Crippen LogP contribution in [0.3, 0.4) is 0 Å². The zero-order valence-electron chi connectivity index (χ0n) is 19.1. The van der Waals surface area contributed by atoms with Crippen molar-refractivity contribution in [2.45, 2.75) is 57.1 Å². The minimum Gasteiger partial charge on any atom is -0.392 e.